The third kappa shape index (κ3) is 3.41. The first kappa shape index (κ1) is 16.8. The van der Waals surface area contributed by atoms with E-state index < -0.39 is 10.0 Å². The fourth-order valence-corrected chi connectivity index (χ4v) is 4.41. The summed E-state index contributed by atoms with van der Waals surface area (Å²) in [6.45, 7) is 3.31. The Labute approximate surface area is 142 Å². The van der Waals surface area contributed by atoms with Crippen molar-refractivity contribution in [2.45, 2.75) is 32.9 Å². The average Bonchev–Trinajstić information content (AvgIpc) is 2.90. The van der Waals surface area contributed by atoms with Gasteiger partial charge in [0.15, 0.2) is 0 Å². The van der Waals surface area contributed by atoms with Crippen LogP contribution in [0.1, 0.15) is 30.3 Å². The van der Waals surface area contributed by atoms with Crippen molar-refractivity contribution in [3.63, 3.8) is 0 Å². The molecule has 0 bridgehead atoms. The third-order valence-corrected chi connectivity index (χ3v) is 6.15. The van der Waals surface area contributed by atoms with Crippen molar-refractivity contribution in [3.05, 3.63) is 35.4 Å². The SMILES string of the molecule is CCCS(=O)(=O)N1CCc2c(CNc3ncccn3)nn(C)c2C1. The summed E-state index contributed by atoms with van der Waals surface area (Å²) in [4.78, 5) is 8.27. The zero-order valence-corrected chi connectivity index (χ0v) is 14.8. The summed E-state index contributed by atoms with van der Waals surface area (Å²) in [6.07, 6.45) is 4.67. The topological polar surface area (TPSA) is 93.0 Å². The van der Waals surface area contributed by atoms with Gasteiger partial charge in [0.25, 0.3) is 0 Å². The highest BCUT2D eigenvalue weighted by molar-refractivity contribution is 7.89. The Morgan fingerprint density at radius 1 is 1.29 bits per heavy atom. The van der Waals surface area contributed by atoms with E-state index in [0.29, 0.717) is 38.4 Å². The molecule has 9 heteroatoms. The van der Waals surface area contributed by atoms with E-state index in [1.807, 2.05) is 14.0 Å². The van der Waals surface area contributed by atoms with Crippen LogP contribution in [-0.4, -0.2) is 44.8 Å². The van der Waals surface area contributed by atoms with E-state index in [1.54, 1.807) is 27.4 Å². The zero-order chi connectivity index (χ0) is 17.2. The number of sulfonamides is 1. The number of anilines is 1. The molecule has 3 rings (SSSR count). The van der Waals surface area contributed by atoms with E-state index in [-0.39, 0.29) is 5.75 Å². The van der Waals surface area contributed by atoms with Crippen LogP contribution < -0.4 is 5.32 Å². The highest BCUT2D eigenvalue weighted by Crippen LogP contribution is 2.24. The minimum absolute atomic E-state index is 0.194. The van der Waals surface area contributed by atoms with Crippen LogP contribution in [0, 0.1) is 0 Å². The highest BCUT2D eigenvalue weighted by Gasteiger charge is 2.30. The Morgan fingerprint density at radius 2 is 2.04 bits per heavy atom. The van der Waals surface area contributed by atoms with E-state index in [2.05, 4.69) is 20.4 Å². The first-order valence-corrected chi connectivity index (χ1v) is 9.64. The number of aromatic nitrogens is 4. The van der Waals surface area contributed by atoms with E-state index in [4.69, 9.17) is 0 Å². The highest BCUT2D eigenvalue weighted by atomic mass is 32.2. The minimum atomic E-state index is -3.18. The molecule has 0 saturated carbocycles. The van der Waals surface area contributed by atoms with Crippen LogP contribution in [0.15, 0.2) is 18.5 Å². The second-order valence-corrected chi connectivity index (χ2v) is 7.91. The molecule has 3 heterocycles. The van der Waals surface area contributed by atoms with E-state index in [0.717, 1.165) is 17.0 Å². The molecular formula is C15H22N6O2S. The minimum Gasteiger partial charge on any atom is -0.348 e. The summed E-state index contributed by atoms with van der Waals surface area (Å²) in [6, 6.07) is 1.76. The molecule has 0 amide bonds. The molecule has 2 aromatic rings. The monoisotopic (exact) mass is 350 g/mol. The number of nitrogens with one attached hydrogen (secondary N) is 1. The molecule has 1 N–H and O–H groups in total. The molecule has 24 heavy (non-hydrogen) atoms. The van der Waals surface area contributed by atoms with Gasteiger partial charge in [-0.05, 0) is 18.9 Å². The predicted octanol–water partition coefficient (Wildman–Crippen LogP) is 0.920. The van der Waals surface area contributed by atoms with Gasteiger partial charge in [-0.2, -0.15) is 9.40 Å². The summed E-state index contributed by atoms with van der Waals surface area (Å²) in [5.41, 5.74) is 3.02. The van der Waals surface area contributed by atoms with E-state index in [9.17, 15) is 8.42 Å². The Kier molecular flexibility index (Phi) is 4.81. The van der Waals surface area contributed by atoms with Crippen molar-refractivity contribution in [2.75, 3.05) is 17.6 Å². The van der Waals surface area contributed by atoms with Crippen LogP contribution in [0.25, 0.3) is 0 Å². The average molecular weight is 350 g/mol. The zero-order valence-electron chi connectivity index (χ0n) is 13.9. The van der Waals surface area contributed by atoms with Gasteiger partial charge in [0.2, 0.25) is 16.0 Å². The van der Waals surface area contributed by atoms with Gasteiger partial charge in [-0.15, -0.1) is 0 Å². The number of hydrogen-bond donors (Lipinski definition) is 1. The maximum atomic E-state index is 12.3. The molecular weight excluding hydrogens is 328 g/mol. The maximum Gasteiger partial charge on any atom is 0.222 e. The van der Waals surface area contributed by atoms with Gasteiger partial charge >= 0.3 is 0 Å². The summed E-state index contributed by atoms with van der Waals surface area (Å²) in [5.74, 6) is 0.750. The van der Waals surface area contributed by atoms with Crippen LogP contribution in [0.5, 0.6) is 0 Å². The fraction of sp³-hybridized carbons (Fsp3) is 0.533. The normalized spacial score (nSPS) is 15.2. The van der Waals surface area contributed by atoms with Crippen molar-refractivity contribution in [1.82, 2.24) is 24.1 Å². The van der Waals surface area contributed by atoms with Crippen molar-refractivity contribution >= 4 is 16.0 Å². The second-order valence-electron chi connectivity index (χ2n) is 5.82. The maximum absolute atomic E-state index is 12.3. The van der Waals surface area contributed by atoms with Crippen LogP contribution in [0.4, 0.5) is 5.95 Å². The molecule has 1 aliphatic heterocycles. The molecule has 130 valence electrons. The molecule has 0 fully saturated rings. The molecule has 0 spiro atoms. The molecule has 0 aliphatic carbocycles. The largest absolute Gasteiger partial charge is 0.348 e. The molecule has 0 radical (unpaired) electrons. The van der Waals surface area contributed by atoms with E-state index >= 15 is 0 Å². The van der Waals surface area contributed by atoms with Crippen LogP contribution in [0.2, 0.25) is 0 Å². The van der Waals surface area contributed by atoms with Crippen LogP contribution in [0.3, 0.4) is 0 Å². The number of aryl methyl sites for hydroxylation is 1. The lowest BCUT2D eigenvalue weighted by molar-refractivity contribution is 0.379. The van der Waals surface area contributed by atoms with Gasteiger partial charge in [0.1, 0.15) is 0 Å². The van der Waals surface area contributed by atoms with Crippen molar-refractivity contribution in [1.29, 1.82) is 0 Å². The number of hydrogen-bond acceptors (Lipinski definition) is 6. The van der Waals surface area contributed by atoms with Gasteiger partial charge in [0, 0.05) is 31.5 Å². The fourth-order valence-electron chi connectivity index (χ4n) is 2.95. The smallest absolute Gasteiger partial charge is 0.222 e. The van der Waals surface area contributed by atoms with Gasteiger partial charge in [-0.1, -0.05) is 6.92 Å². The first-order chi connectivity index (χ1) is 11.5. The summed E-state index contributed by atoms with van der Waals surface area (Å²) >= 11 is 0. The number of rotatable bonds is 6. The molecule has 0 unspecified atom stereocenters. The van der Waals surface area contributed by atoms with Gasteiger partial charge in [-0.25, -0.2) is 18.4 Å². The standard InChI is InChI=1S/C15H22N6O2S/c1-3-9-24(22,23)21-8-5-12-13(19-20(2)14(12)11-21)10-18-15-16-6-4-7-17-15/h4,6-7H,3,5,8-11H2,1-2H3,(H,16,17,18). The lowest BCUT2D eigenvalue weighted by Crippen LogP contribution is -2.38. The van der Waals surface area contributed by atoms with Crippen molar-refractivity contribution in [2.24, 2.45) is 7.05 Å². The van der Waals surface area contributed by atoms with Gasteiger partial charge in [-0.3, -0.25) is 4.68 Å². The van der Waals surface area contributed by atoms with Gasteiger partial charge < -0.3 is 5.32 Å². The molecule has 8 nitrogen and oxygen atoms in total. The Bertz CT molecular complexity index is 803. The Balaban J connectivity index is 1.76. The van der Waals surface area contributed by atoms with Crippen LogP contribution in [-0.2, 0) is 36.6 Å². The van der Waals surface area contributed by atoms with Crippen molar-refractivity contribution < 1.29 is 8.42 Å². The molecule has 0 atom stereocenters. The predicted molar refractivity (Wildman–Crippen MR) is 90.8 cm³/mol. The quantitative estimate of drug-likeness (QED) is 0.833. The lowest BCUT2D eigenvalue weighted by Gasteiger charge is -2.26. The number of fused-ring (bicyclic) bond motifs is 1. The molecule has 0 aromatic carbocycles. The summed E-state index contributed by atoms with van der Waals surface area (Å²) < 4.78 is 27.9. The molecule has 0 saturated heterocycles. The Morgan fingerprint density at radius 3 is 2.75 bits per heavy atom. The second kappa shape index (κ2) is 6.86. The first-order valence-electron chi connectivity index (χ1n) is 8.03. The number of nitrogens with zero attached hydrogens (tertiary/aromatic N) is 5. The summed E-state index contributed by atoms with van der Waals surface area (Å²) in [5, 5.41) is 7.70. The Hall–Kier alpha value is -2.00. The third-order valence-electron chi connectivity index (χ3n) is 4.13. The van der Waals surface area contributed by atoms with E-state index in [1.165, 1.54) is 0 Å². The van der Waals surface area contributed by atoms with Gasteiger partial charge in [0.05, 0.1) is 30.2 Å². The summed E-state index contributed by atoms with van der Waals surface area (Å²) in [7, 11) is -1.32. The molecule has 2 aromatic heterocycles. The lowest BCUT2D eigenvalue weighted by atomic mass is 10.1. The van der Waals surface area contributed by atoms with Crippen molar-refractivity contribution in [3.8, 4) is 0 Å². The molecule has 1 aliphatic rings. The van der Waals surface area contributed by atoms with Crippen LogP contribution >= 0.6 is 0 Å².